The summed E-state index contributed by atoms with van der Waals surface area (Å²) in [6.07, 6.45) is -1.34. The Labute approximate surface area is 70.5 Å². The molecule has 0 aromatic carbocycles. The fraction of sp³-hybridized carbons (Fsp3) is 0.857. The van der Waals surface area contributed by atoms with Crippen LogP contribution in [0.3, 0.4) is 0 Å². The van der Waals surface area contributed by atoms with Crippen molar-refractivity contribution in [3.05, 3.63) is 0 Å². The molecule has 2 rings (SSSR count). The van der Waals surface area contributed by atoms with Crippen LogP contribution in [-0.4, -0.2) is 22.9 Å². The van der Waals surface area contributed by atoms with Crippen molar-refractivity contribution in [2.45, 2.75) is 24.7 Å². The van der Waals surface area contributed by atoms with Gasteiger partial charge in [-0.3, -0.25) is 4.79 Å². The van der Waals surface area contributed by atoms with Gasteiger partial charge in [-0.15, -0.1) is 0 Å². The molecule has 1 N–H and O–H groups in total. The van der Waals surface area contributed by atoms with Crippen LogP contribution in [0.25, 0.3) is 0 Å². The number of hydrogen-bond acceptors (Lipinski definition) is 1. The first kappa shape index (κ1) is 8.77. The molecule has 0 saturated heterocycles. The Bertz CT molecular complexity index is 288. The molecule has 2 nitrogen and oxygen atoms in total. The maximum Gasteiger partial charge on any atom is 0.326 e. The van der Waals surface area contributed by atoms with Gasteiger partial charge < -0.3 is 5.11 Å². The van der Waals surface area contributed by atoms with E-state index in [1.807, 2.05) is 0 Å². The monoisotopic (exact) mass is 198 g/mol. The molecule has 2 atom stereocenters. The molecular weight excluding hydrogens is 192 g/mol. The second-order valence-electron chi connectivity index (χ2n) is 3.66. The largest absolute Gasteiger partial charge is 0.481 e. The summed E-state index contributed by atoms with van der Waals surface area (Å²) >= 11 is 0. The third-order valence-corrected chi connectivity index (χ3v) is 3.01. The molecular formula is C7H6F4O2. The van der Waals surface area contributed by atoms with E-state index >= 15 is 0 Å². The molecule has 2 aliphatic rings. The Morgan fingerprint density at radius 2 is 1.77 bits per heavy atom. The molecule has 0 amide bonds. The van der Waals surface area contributed by atoms with E-state index in [1.165, 1.54) is 0 Å². The lowest BCUT2D eigenvalue weighted by Gasteiger charge is -2.25. The molecule has 0 bridgehead atoms. The summed E-state index contributed by atoms with van der Waals surface area (Å²) in [5.74, 6) is -11.4. The third-order valence-electron chi connectivity index (χ3n) is 3.01. The minimum Gasteiger partial charge on any atom is -0.481 e. The van der Waals surface area contributed by atoms with Crippen LogP contribution in [0, 0.1) is 11.3 Å². The number of rotatable bonds is 1. The van der Waals surface area contributed by atoms with Crippen molar-refractivity contribution in [1.82, 2.24) is 0 Å². The van der Waals surface area contributed by atoms with E-state index in [0.717, 1.165) is 0 Å². The SMILES string of the molecule is O=C(O)[C@]12C[C@H]1CC(F)(F)C2(F)F. The Balaban J connectivity index is 2.44. The maximum absolute atomic E-state index is 12.9. The Morgan fingerprint density at radius 1 is 1.23 bits per heavy atom. The number of alkyl halides is 4. The lowest BCUT2D eigenvalue weighted by molar-refractivity contribution is -0.227. The van der Waals surface area contributed by atoms with Crippen LogP contribution >= 0.6 is 0 Å². The fourth-order valence-corrected chi connectivity index (χ4v) is 2.12. The van der Waals surface area contributed by atoms with Gasteiger partial charge in [-0.25, -0.2) is 0 Å². The second kappa shape index (κ2) is 1.83. The molecule has 0 heterocycles. The van der Waals surface area contributed by atoms with Crippen LogP contribution in [-0.2, 0) is 4.79 Å². The van der Waals surface area contributed by atoms with E-state index < -0.39 is 35.6 Å². The van der Waals surface area contributed by atoms with Crippen LogP contribution in [0.2, 0.25) is 0 Å². The normalized spacial score (nSPS) is 44.2. The molecule has 0 spiro atoms. The van der Waals surface area contributed by atoms with Crippen molar-refractivity contribution in [2.75, 3.05) is 0 Å². The summed E-state index contributed by atoms with van der Waals surface area (Å²) in [5.41, 5.74) is -2.48. The molecule has 13 heavy (non-hydrogen) atoms. The van der Waals surface area contributed by atoms with Gasteiger partial charge in [0.2, 0.25) is 0 Å². The van der Waals surface area contributed by atoms with Crippen LogP contribution < -0.4 is 0 Å². The minimum absolute atomic E-state index is 0.328. The standard InChI is InChI=1S/C7H6F4O2/c8-6(9)2-3-1-5(3,4(12)13)7(6,10)11/h3H,1-2H2,(H,12,13)/t3-,5-/m0/s1. The number of halogens is 4. The smallest absolute Gasteiger partial charge is 0.326 e. The van der Waals surface area contributed by atoms with Crippen LogP contribution in [0.1, 0.15) is 12.8 Å². The highest BCUT2D eigenvalue weighted by atomic mass is 19.3. The van der Waals surface area contributed by atoms with E-state index in [0.29, 0.717) is 0 Å². The summed E-state index contributed by atoms with van der Waals surface area (Å²) in [7, 11) is 0. The zero-order valence-electron chi connectivity index (χ0n) is 6.36. The molecule has 0 aromatic heterocycles. The average molecular weight is 198 g/mol. The second-order valence-corrected chi connectivity index (χ2v) is 3.66. The van der Waals surface area contributed by atoms with Crippen molar-refractivity contribution < 1.29 is 27.5 Å². The summed E-state index contributed by atoms with van der Waals surface area (Å²) in [4.78, 5) is 10.5. The Morgan fingerprint density at radius 3 is 2.00 bits per heavy atom. The molecule has 2 saturated carbocycles. The van der Waals surface area contributed by atoms with Crippen molar-refractivity contribution in [1.29, 1.82) is 0 Å². The summed E-state index contributed by atoms with van der Waals surface area (Å²) < 4.78 is 51.1. The van der Waals surface area contributed by atoms with Gasteiger partial charge >= 0.3 is 17.8 Å². The molecule has 74 valence electrons. The number of carbonyl (C=O) groups is 1. The van der Waals surface area contributed by atoms with Gasteiger partial charge in [0.1, 0.15) is 5.41 Å². The van der Waals surface area contributed by atoms with Gasteiger partial charge in [0.15, 0.2) is 0 Å². The molecule has 0 aromatic rings. The zero-order chi connectivity index (χ0) is 10.1. The van der Waals surface area contributed by atoms with Gasteiger partial charge in [-0.05, 0) is 12.3 Å². The Hall–Kier alpha value is -0.810. The lowest BCUT2D eigenvalue weighted by atomic mass is 9.98. The number of carboxylic acids is 1. The van der Waals surface area contributed by atoms with E-state index in [9.17, 15) is 22.4 Å². The highest BCUT2D eigenvalue weighted by Crippen LogP contribution is 2.74. The highest BCUT2D eigenvalue weighted by Gasteiger charge is 2.88. The van der Waals surface area contributed by atoms with Gasteiger partial charge in [0.05, 0.1) is 0 Å². The molecule has 0 unspecified atom stereocenters. The van der Waals surface area contributed by atoms with Crippen LogP contribution in [0.15, 0.2) is 0 Å². The molecule has 2 aliphatic carbocycles. The van der Waals surface area contributed by atoms with E-state index in [2.05, 4.69) is 0 Å². The fourth-order valence-electron chi connectivity index (χ4n) is 2.12. The van der Waals surface area contributed by atoms with Gasteiger partial charge in [0, 0.05) is 6.42 Å². The van der Waals surface area contributed by atoms with Gasteiger partial charge in [-0.1, -0.05) is 0 Å². The van der Waals surface area contributed by atoms with Gasteiger partial charge in [-0.2, -0.15) is 17.6 Å². The van der Waals surface area contributed by atoms with E-state index in [-0.39, 0.29) is 6.42 Å². The van der Waals surface area contributed by atoms with Crippen molar-refractivity contribution >= 4 is 5.97 Å². The van der Waals surface area contributed by atoms with Gasteiger partial charge in [0.25, 0.3) is 0 Å². The Kier molecular flexibility index (Phi) is 1.24. The van der Waals surface area contributed by atoms with Crippen molar-refractivity contribution in [3.8, 4) is 0 Å². The number of carboxylic acid groups (broad SMARTS) is 1. The molecule has 6 heteroatoms. The highest BCUT2D eigenvalue weighted by molar-refractivity contribution is 5.81. The van der Waals surface area contributed by atoms with Crippen molar-refractivity contribution in [2.24, 2.45) is 11.3 Å². The molecule has 0 radical (unpaired) electrons. The van der Waals surface area contributed by atoms with Crippen LogP contribution in [0.5, 0.6) is 0 Å². The maximum atomic E-state index is 12.9. The number of fused-ring (bicyclic) bond motifs is 1. The summed E-state index contributed by atoms with van der Waals surface area (Å²) in [6.45, 7) is 0. The first-order valence-electron chi connectivity index (χ1n) is 3.75. The number of aliphatic carboxylic acids is 1. The summed E-state index contributed by atoms with van der Waals surface area (Å²) in [6, 6.07) is 0. The predicted molar refractivity (Wildman–Crippen MR) is 32.7 cm³/mol. The molecule has 2 fully saturated rings. The van der Waals surface area contributed by atoms with E-state index in [1.54, 1.807) is 0 Å². The summed E-state index contributed by atoms with van der Waals surface area (Å²) in [5, 5.41) is 8.47. The predicted octanol–water partition coefficient (Wildman–Crippen LogP) is 1.75. The lowest BCUT2D eigenvalue weighted by Crippen LogP contribution is -2.46. The minimum atomic E-state index is -4.39. The first-order valence-corrected chi connectivity index (χ1v) is 3.75. The van der Waals surface area contributed by atoms with E-state index in [4.69, 9.17) is 5.11 Å². The van der Waals surface area contributed by atoms with Crippen molar-refractivity contribution in [3.63, 3.8) is 0 Å². The third kappa shape index (κ3) is 0.683. The average Bonchev–Trinajstić information content (AvgIpc) is 2.57. The molecule has 0 aliphatic heterocycles. The topological polar surface area (TPSA) is 37.3 Å². The number of hydrogen-bond donors (Lipinski definition) is 1. The van der Waals surface area contributed by atoms with Crippen LogP contribution in [0.4, 0.5) is 17.6 Å². The first-order chi connectivity index (χ1) is 5.76. The zero-order valence-corrected chi connectivity index (χ0v) is 6.36. The quantitative estimate of drug-likeness (QED) is 0.651.